The van der Waals surface area contributed by atoms with Gasteiger partial charge in [-0.3, -0.25) is 14.3 Å². The maximum Gasteiger partial charge on any atom is 0.305 e. The molecule has 0 radical (unpaired) electrons. The number of rotatable bonds is 5. The second-order valence-electron chi connectivity index (χ2n) is 6.32. The highest BCUT2D eigenvalue weighted by molar-refractivity contribution is 5.94. The molecular weight excluding hydrogens is 294 g/mol. The molecule has 2 rings (SSSR count). The maximum absolute atomic E-state index is 11.9. The second kappa shape index (κ2) is 6.64. The molecule has 1 amide bonds. The number of hydrogen-bond donors (Lipinski definition) is 2. The Morgan fingerprint density at radius 1 is 1.17 bits per heavy atom. The van der Waals surface area contributed by atoms with Gasteiger partial charge >= 0.3 is 5.97 Å². The third-order valence-electron chi connectivity index (χ3n) is 3.37. The Labute approximate surface area is 135 Å². The molecular formula is C17H21N3O3. The number of hydrogen-bond acceptors (Lipinski definition) is 3. The number of nitrogens with zero attached hydrogens (tertiary/aromatic N) is 2. The molecule has 0 fully saturated rings. The normalized spacial score (nSPS) is 11.3. The molecule has 2 aromatic rings. The van der Waals surface area contributed by atoms with Crippen molar-refractivity contribution in [1.82, 2.24) is 15.1 Å². The Kier molecular flexibility index (Phi) is 4.83. The van der Waals surface area contributed by atoms with Crippen LogP contribution in [0.3, 0.4) is 0 Å². The first-order valence-corrected chi connectivity index (χ1v) is 7.43. The number of carbonyl (C=O) groups excluding carboxylic acids is 1. The zero-order chi connectivity index (χ0) is 17.0. The number of benzene rings is 1. The van der Waals surface area contributed by atoms with E-state index in [4.69, 9.17) is 5.11 Å². The smallest absolute Gasteiger partial charge is 0.305 e. The first-order valence-electron chi connectivity index (χ1n) is 7.43. The lowest BCUT2D eigenvalue weighted by Gasteiger charge is -2.18. The summed E-state index contributed by atoms with van der Waals surface area (Å²) in [6, 6.07) is 7.16. The summed E-state index contributed by atoms with van der Waals surface area (Å²) in [5.74, 6) is -1.21. The molecule has 0 bridgehead atoms. The number of nitrogens with one attached hydrogen (secondary N) is 1. The van der Waals surface area contributed by atoms with Gasteiger partial charge in [0.2, 0.25) is 0 Å². The van der Waals surface area contributed by atoms with Crippen molar-refractivity contribution < 1.29 is 14.7 Å². The van der Waals surface area contributed by atoms with Crippen LogP contribution in [0.15, 0.2) is 36.7 Å². The Morgan fingerprint density at radius 2 is 1.83 bits per heavy atom. The van der Waals surface area contributed by atoms with E-state index in [2.05, 4.69) is 31.2 Å². The third-order valence-corrected chi connectivity index (χ3v) is 3.37. The Morgan fingerprint density at radius 3 is 2.35 bits per heavy atom. The van der Waals surface area contributed by atoms with Gasteiger partial charge < -0.3 is 10.4 Å². The largest absolute Gasteiger partial charge is 0.481 e. The van der Waals surface area contributed by atoms with Crippen LogP contribution in [-0.4, -0.2) is 33.3 Å². The Bertz CT molecular complexity index is 697. The molecule has 1 heterocycles. The Hall–Kier alpha value is -2.63. The lowest BCUT2D eigenvalue weighted by Crippen LogP contribution is -2.25. The molecule has 0 aliphatic rings. The van der Waals surface area contributed by atoms with Gasteiger partial charge in [0.25, 0.3) is 5.91 Å². The van der Waals surface area contributed by atoms with Gasteiger partial charge in [0.15, 0.2) is 0 Å². The topological polar surface area (TPSA) is 84.2 Å². The Balaban J connectivity index is 2.06. The molecule has 0 aliphatic heterocycles. The number of carboxylic acid groups (broad SMARTS) is 1. The van der Waals surface area contributed by atoms with Crippen LogP contribution in [0, 0.1) is 0 Å². The van der Waals surface area contributed by atoms with Crippen molar-refractivity contribution in [2.75, 3.05) is 6.54 Å². The predicted octanol–water partition coefficient (Wildman–Crippen LogP) is 2.51. The van der Waals surface area contributed by atoms with E-state index in [9.17, 15) is 9.59 Å². The van der Waals surface area contributed by atoms with Gasteiger partial charge in [-0.2, -0.15) is 5.10 Å². The first-order chi connectivity index (χ1) is 10.8. The second-order valence-corrected chi connectivity index (χ2v) is 6.32. The summed E-state index contributed by atoms with van der Waals surface area (Å²) in [5, 5.41) is 15.5. The number of aliphatic carboxylic acids is 1. The van der Waals surface area contributed by atoms with Gasteiger partial charge in [-0.05, 0) is 38.5 Å². The highest BCUT2D eigenvalue weighted by Crippen LogP contribution is 2.22. The minimum Gasteiger partial charge on any atom is -0.481 e. The van der Waals surface area contributed by atoms with Crippen LogP contribution in [0.2, 0.25) is 0 Å². The molecule has 0 spiro atoms. The summed E-state index contributed by atoms with van der Waals surface area (Å²) in [7, 11) is 0. The van der Waals surface area contributed by atoms with Crippen LogP contribution in [-0.2, 0) is 10.3 Å². The number of amides is 1. The summed E-state index contributed by atoms with van der Waals surface area (Å²) < 4.78 is 1.90. The lowest BCUT2D eigenvalue weighted by atomic mass is 10.1. The van der Waals surface area contributed by atoms with E-state index >= 15 is 0 Å². The van der Waals surface area contributed by atoms with Crippen molar-refractivity contribution in [2.24, 2.45) is 0 Å². The van der Waals surface area contributed by atoms with E-state index < -0.39 is 5.97 Å². The summed E-state index contributed by atoms with van der Waals surface area (Å²) >= 11 is 0. The predicted molar refractivity (Wildman–Crippen MR) is 87.2 cm³/mol. The summed E-state index contributed by atoms with van der Waals surface area (Å²) in [4.78, 5) is 22.3. The van der Waals surface area contributed by atoms with Crippen LogP contribution in [0.4, 0.5) is 0 Å². The molecule has 0 saturated heterocycles. The molecule has 122 valence electrons. The fourth-order valence-corrected chi connectivity index (χ4v) is 2.04. The SMILES string of the molecule is CC(C)(C)n1cc(-c2ccc(C(=O)NCCC(=O)O)cc2)cn1. The standard InChI is InChI=1S/C17H21N3O3/c1-17(2,3)20-11-14(10-19-20)12-4-6-13(7-5-12)16(23)18-9-8-15(21)22/h4-7,10-11H,8-9H2,1-3H3,(H,18,23)(H,21,22). The van der Waals surface area contributed by atoms with Crippen molar-refractivity contribution >= 4 is 11.9 Å². The highest BCUT2D eigenvalue weighted by Gasteiger charge is 2.14. The fraction of sp³-hybridized carbons (Fsp3) is 0.353. The molecule has 6 nitrogen and oxygen atoms in total. The van der Waals surface area contributed by atoms with Gasteiger partial charge in [0.05, 0.1) is 18.2 Å². The van der Waals surface area contributed by atoms with Crippen LogP contribution in [0.1, 0.15) is 37.6 Å². The molecule has 0 saturated carbocycles. The van der Waals surface area contributed by atoms with Crippen molar-refractivity contribution in [1.29, 1.82) is 0 Å². The van der Waals surface area contributed by atoms with Crippen LogP contribution in [0.25, 0.3) is 11.1 Å². The molecule has 1 aromatic carbocycles. The number of carbonyl (C=O) groups is 2. The summed E-state index contributed by atoms with van der Waals surface area (Å²) in [5.41, 5.74) is 2.38. The van der Waals surface area contributed by atoms with E-state index in [0.717, 1.165) is 11.1 Å². The minimum atomic E-state index is -0.934. The molecule has 2 N–H and O–H groups in total. The average molecular weight is 315 g/mol. The van der Waals surface area contributed by atoms with Crippen molar-refractivity contribution in [3.8, 4) is 11.1 Å². The van der Waals surface area contributed by atoms with Gasteiger partial charge in [-0.1, -0.05) is 12.1 Å². The van der Waals surface area contributed by atoms with Gasteiger partial charge in [0.1, 0.15) is 0 Å². The first kappa shape index (κ1) is 16.7. The summed E-state index contributed by atoms with van der Waals surface area (Å²) in [6.07, 6.45) is 3.69. The van der Waals surface area contributed by atoms with Crippen LogP contribution in [0.5, 0.6) is 0 Å². The lowest BCUT2D eigenvalue weighted by molar-refractivity contribution is -0.136. The van der Waals surface area contributed by atoms with E-state index in [-0.39, 0.29) is 24.4 Å². The molecule has 6 heteroatoms. The maximum atomic E-state index is 11.9. The molecule has 23 heavy (non-hydrogen) atoms. The quantitative estimate of drug-likeness (QED) is 0.888. The molecule has 0 atom stereocenters. The zero-order valence-electron chi connectivity index (χ0n) is 13.5. The van der Waals surface area contributed by atoms with E-state index in [1.165, 1.54) is 0 Å². The minimum absolute atomic E-state index is 0.0811. The number of aromatic nitrogens is 2. The highest BCUT2D eigenvalue weighted by atomic mass is 16.4. The number of carboxylic acids is 1. The molecule has 1 aromatic heterocycles. The van der Waals surface area contributed by atoms with Crippen molar-refractivity contribution in [2.45, 2.75) is 32.7 Å². The van der Waals surface area contributed by atoms with E-state index in [1.807, 2.05) is 23.0 Å². The van der Waals surface area contributed by atoms with Crippen molar-refractivity contribution in [3.63, 3.8) is 0 Å². The van der Waals surface area contributed by atoms with Gasteiger partial charge in [-0.15, -0.1) is 0 Å². The molecule has 0 unspecified atom stereocenters. The average Bonchev–Trinajstić information content (AvgIpc) is 2.97. The van der Waals surface area contributed by atoms with Gasteiger partial charge in [0, 0.05) is 23.9 Å². The molecule has 0 aliphatic carbocycles. The van der Waals surface area contributed by atoms with E-state index in [0.29, 0.717) is 5.56 Å². The van der Waals surface area contributed by atoms with E-state index in [1.54, 1.807) is 18.3 Å². The van der Waals surface area contributed by atoms with Gasteiger partial charge in [-0.25, -0.2) is 0 Å². The fourth-order valence-electron chi connectivity index (χ4n) is 2.04. The van der Waals surface area contributed by atoms with Crippen LogP contribution >= 0.6 is 0 Å². The summed E-state index contributed by atoms with van der Waals surface area (Å²) in [6.45, 7) is 6.35. The zero-order valence-corrected chi connectivity index (χ0v) is 13.5. The monoisotopic (exact) mass is 315 g/mol. The van der Waals surface area contributed by atoms with Crippen LogP contribution < -0.4 is 5.32 Å². The third kappa shape index (κ3) is 4.42. The van der Waals surface area contributed by atoms with Crippen molar-refractivity contribution in [3.05, 3.63) is 42.2 Å².